The van der Waals surface area contributed by atoms with Crippen LogP contribution in [0.2, 0.25) is 5.02 Å². The van der Waals surface area contributed by atoms with Gasteiger partial charge in [-0.05, 0) is 72.8 Å². The van der Waals surface area contributed by atoms with Gasteiger partial charge in [-0.1, -0.05) is 23.4 Å². The Labute approximate surface area is 144 Å². The van der Waals surface area contributed by atoms with Crippen molar-refractivity contribution in [3.05, 3.63) is 88.9 Å². The second kappa shape index (κ2) is 6.90. The molecule has 4 heteroatoms. The summed E-state index contributed by atoms with van der Waals surface area (Å²) in [5.74, 6) is -0.00861. The Morgan fingerprint density at radius 3 is 1.70 bits per heavy atom. The van der Waals surface area contributed by atoms with Crippen molar-refractivity contribution >= 4 is 34.8 Å². The first-order chi connectivity index (χ1) is 11.1. The summed E-state index contributed by atoms with van der Waals surface area (Å²) >= 11 is 7.48. The summed E-state index contributed by atoms with van der Waals surface area (Å²) in [6.45, 7) is 0. The van der Waals surface area contributed by atoms with Gasteiger partial charge >= 0.3 is 0 Å². The number of halogens is 1. The topological polar surface area (TPSA) is 43.1 Å². The van der Waals surface area contributed by atoms with Gasteiger partial charge < -0.3 is 5.73 Å². The highest BCUT2D eigenvalue weighted by atomic mass is 35.5. The molecule has 0 aromatic heterocycles. The van der Waals surface area contributed by atoms with Crippen LogP contribution in [0.25, 0.3) is 0 Å². The molecule has 0 spiro atoms. The molecule has 0 unspecified atom stereocenters. The van der Waals surface area contributed by atoms with Gasteiger partial charge in [0.2, 0.25) is 0 Å². The van der Waals surface area contributed by atoms with Crippen LogP contribution >= 0.6 is 23.4 Å². The van der Waals surface area contributed by atoms with Crippen molar-refractivity contribution in [3.8, 4) is 0 Å². The Morgan fingerprint density at radius 2 is 1.17 bits per heavy atom. The average molecular weight is 340 g/mol. The summed E-state index contributed by atoms with van der Waals surface area (Å²) in [5, 5.41) is 0.622. The molecule has 3 rings (SSSR count). The Balaban J connectivity index is 1.75. The minimum atomic E-state index is -0.00861. The van der Waals surface area contributed by atoms with Crippen LogP contribution in [-0.4, -0.2) is 5.78 Å². The maximum atomic E-state index is 12.4. The molecule has 0 heterocycles. The van der Waals surface area contributed by atoms with Gasteiger partial charge in [0.15, 0.2) is 5.78 Å². The second-order valence-corrected chi connectivity index (χ2v) is 6.61. The first-order valence-corrected chi connectivity index (χ1v) is 8.25. The molecule has 0 aliphatic rings. The zero-order chi connectivity index (χ0) is 16.2. The predicted molar refractivity (Wildman–Crippen MR) is 96.3 cm³/mol. The second-order valence-electron chi connectivity index (χ2n) is 5.03. The summed E-state index contributed by atoms with van der Waals surface area (Å²) in [5.41, 5.74) is 7.72. The van der Waals surface area contributed by atoms with Crippen LogP contribution < -0.4 is 5.73 Å². The highest BCUT2D eigenvalue weighted by Gasteiger charge is 2.09. The molecular weight excluding hydrogens is 326 g/mol. The summed E-state index contributed by atoms with van der Waals surface area (Å²) in [7, 11) is 0. The zero-order valence-corrected chi connectivity index (χ0v) is 13.8. The minimum absolute atomic E-state index is 0.00861. The molecule has 0 saturated carbocycles. The fraction of sp³-hybridized carbons (Fsp3) is 0. The molecule has 3 aromatic rings. The number of carbonyl (C=O) groups excluding carboxylic acids is 1. The number of ketones is 1. The summed E-state index contributed by atoms with van der Waals surface area (Å²) in [6.07, 6.45) is 0. The van der Waals surface area contributed by atoms with E-state index in [2.05, 4.69) is 0 Å². The first-order valence-electron chi connectivity index (χ1n) is 7.05. The van der Waals surface area contributed by atoms with E-state index in [4.69, 9.17) is 17.3 Å². The number of nitrogens with two attached hydrogens (primary N) is 1. The van der Waals surface area contributed by atoms with Crippen molar-refractivity contribution in [1.29, 1.82) is 0 Å². The Kier molecular flexibility index (Phi) is 4.70. The predicted octanol–water partition coefficient (Wildman–Crippen LogP) is 5.30. The normalized spacial score (nSPS) is 10.5. The first kappa shape index (κ1) is 15.7. The molecule has 114 valence electrons. The van der Waals surface area contributed by atoms with E-state index in [1.807, 2.05) is 48.5 Å². The Bertz CT molecular complexity index is 811. The Morgan fingerprint density at radius 1 is 0.739 bits per heavy atom. The van der Waals surface area contributed by atoms with Crippen LogP contribution in [-0.2, 0) is 0 Å². The van der Waals surface area contributed by atoms with Crippen molar-refractivity contribution in [1.82, 2.24) is 0 Å². The number of hydrogen-bond acceptors (Lipinski definition) is 3. The van der Waals surface area contributed by atoms with Crippen LogP contribution in [0, 0.1) is 0 Å². The van der Waals surface area contributed by atoms with E-state index in [1.165, 1.54) is 0 Å². The fourth-order valence-corrected chi connectivity index (χ4v) is 3.06. The number of benzene rings is 3. The molecule has 0 fully saturated rings. The molecule has 0 aliphatic heterocycles. The van der Waals surface area contributed by atoms with E-state index in [0.717, 1.165) is 15.5 Å². The number of carbonyl (C=O) groups is 1. The zero-order valence-electron chi connectivity index (χ0n) is 12.2. The van der Waals surface area contributed by atoms with E-state index < -0.39 is 0 Å². The van der Waals surface area contributed by atoms with Crippen LogP contribution in [0.3, 0.4) is 0 Å². The SMILES string of the molecule is Nc1ccc(Sc2ccc(C(=O)c3ccc(Cl)cc3)cc2)cc1. The van der Waals surface area contributed by atoms with Crippen LogP contribution in [0.1, 0.15) is 15.9 Å². The number of anilines is 1. The van der Waals surface area contributed by atoms with E-state index in [-0.39, 0.29) is 5.78 Å². The average Bonchev–Trinajstić information content (AvgIpc) is 2.58. The van der Waals surface area contributed by atoms with E-state index in [1.54, 1.807) is 36.0 Å². The van der Waals surface area contributed by atoms with Crippen molar-refractivity contribution in [2.24, 2.45) is 0 Å². The van der Waals surface area contributed by atoms with Gasteiger partial charge in [0.05, 0.1) is 0 Å². The highest BCUT2D eigenvalue weighted by Crippen LogP contribution is 2.28. The van der Waals surface area contributed by atoms with Gasteiger partial charge in [-0.15, -0.1) is 0 Å². The highest BCUT2D eigenvalue weighted by molar-refractivity contribution is 7.99. The Hall–Kier alpha value is -2.23. The lowest BCUT2D eigenvalue weighted by Crippen LogP contribution is -2.00. The molecular formula is C19H14ClNOS. The minimum Gasteiger partial charge on any atom is -0.399 e. The third-order valence-corrected chi connectivity index (χ3v) is 4.61. The number of hydrogen-bond donors (Lipinski definition) is 1. The van der Waals surface area contributed by atoms with Gasteiger partial charge in [0.25, 0.3) is 0 Å². The third-order valence-electron chi connectivity index (χ3n) is 3.34. The van der Waals surface area contributed by atoms with Gasteiger partial charge in [-0.2, -0.15) is 0 Å². The molecule has 23 heavy (non-hydrogen) atoms. The smallest absolute Gasteiger partial charge is 0.193 e. The van der Waals surface area contributed by atoms with Crippen LogP contribution in [0.15, 0.2) is 82.6 Å². The largest absolute Gasteiger partial charge is 0.399 e. The molecule has 0 aliphatic carbocycles. The molecule has 0 amide bonds. The third kappa shape index (κ3) is 3.95. The van der Waals surface area contributed by atoms with E-state index >= 15 is 0 Å². The lowest BCUT2D eigenvalue weighted by atomic mass is 10.0. The monoisotopic (exact) mass is 339 g/mol. The van der Waals surface area contributed by atoms with Crippen molar-refractivity contribution in [2.75, 3.05) is 5.73 Å². The summed E-state index contributed by atoms with van der Waals surface area (Å²) in [6, 6.07) is 22.2. The van der Waals surface area contributed by atoms with Crippen LogP contribution in [0.4, 0.5) is 5.69 Å². The molecule has 0 bridgehead atoms. The number of rotatable bonds is 4. The quantitative estimate of drug-likeness (QED) is 0.517. The number of nitrogen functional groups attached to an aromatic ring is 1. The van der Waals surface area contributed by atoms with Crippen LogP contribution in [0.5, 0.6) is 0 Å². The summed E-state index contributed by atoms with van der Waals surface area (Å²) < 4.78 is 0. The standard InChI is InChI=1S/C19H14ClNOS/c20-15-5-1-13(2-6-15)19(22)14-3-9-17(10-4-14)23-18-11-7-16(21)8-12-18/h1-12H,21H2. The van der Waals surface area contributed by atoms with Gasteiger partial charge in [-0.25, -0.2) is 0 Å². The molecule has 3 aromatic carbocycles. The van der Waals surface area contributed by atoms with Gasteiger partial charge in [-0.3, -0.25) is 4.79 Å². The van der Waals surface area contributed by atoms with Gasteiger partial charge in [0, 0.05) is 31.6 Å². The lowest BCUT2D eigenvalue weighted by molar-refractivity contribution is 0.103. The molecule has 2 N–H and O–H groups in total. The van der Waals surface area contributed by atoms with Crippen molar-refractivity contribution in [3.63, 3.8) is 0 Å². The van der Waals surface area contributed by atoms with E-state index in [0.29, 0.717) is 16.1 Å². The fourth-order valence-electron chi connectivity index (χ4n) is 2.11. The molecule has 2 nitrogen and oxygen atoms in total. The van der Waals surface area contributed by atoms with Crippen molar-refractivity contribution < 1.29 is 4.79 Å². The van der Waals surface area contributed by atoms with Gasteiger partial charge in [0.1, 0.15) is 0 Å². The lowest BCUT2D eigenvalue weighted by Gasteiger charge is -2.05. The maximum absolute atomic E-state index is 12.4. The molecule has 0 radical (unpaired) electrons. The van der Waals surface area contributed by atoms with E-state index in [9.17, 15) is 4.79 Å². The molecule has 0 saturated heterocycles. The summed E-state index contributed by atoms with van der Waals surface area (Å²) in [4.78, 5) is 14.6. The molecule has 0 atom stereocenters. The van der Waals surface area contributed by atoms with Crippen molar-refractivity contribution in [2.45, 2.75) is 9.79 Å². The maximum Gasteiger partial charge on any atom is 0.193 e.